The highest BCUT2D eigenvalue weighted by Gasteiger charge is 2.61. The maximum absolute atomic E-state index is 14.6. The van der Waals surface area contributed by atoms with Gasteiger partial charge in [-0.2, -0.15) is 13.6 Å². The number of alkyl carbamates (subject to hydrolysis) is 1. The number of hydrogen-bond donors (Lipinski definition) is 5. The van der Waals surface area contributed by atoms with Crippen molar-refractivity contribution in [1.29, 1.82) is 0 Å². The van der Waals surface area contributed by atoms with Crippen LogP contribution < -0.4 is 24.8 Å². The highest BCUT2D eigenvalue weighted by Crippen LogP contribution is 2.46. The molecule has 2 aliphatic heterocycles. The fourth-order valence-electron chi connectivity index (χ4n) is 7.86. The average molecular weight is 834 g/mol. The fourth-order valence-corrected chi connectivity index (χ4v) is 9.37. The molecule has 0 radical (unpaired) electrons. The number of anilines is 1. The summed E-state index contributed by atoms with van der Waals surface area (Å²) in [5, 5.41) is 20.1. The molecule has 2 aliphatic carbocycles. The Bertz CT molecular complexity index is 2290. The molecule has 21 heteroatoms. The maximum atomic E-state index is 14.6. The van der Waals surface area contributed by atoms with Gasteiger partial charge in [-0.05, 0) is 80.2 Å². The number of hydrogen-bond acceptors (Lipinski definition) is 14. The van der Waals surface area contributed by atoms with Crippen molar-refractivity contribution >= 4 is 62.3 Å². The Morgan fingerprint density at radius 2 is 1.76 bits per heavy atom. The minimum Gasteiger partial charge on any atom is -0.471 e. The molecule has 3 aromatic heterocycles. The second kappa shape index (κ2) is 16.6. The summed E-state index contributed by atoms with van der Waals surface area (Å²) in [4.78, 5) is 68.0. The van der Waals surface area contributed by atoms with E-state index in [9.17, 15) is 27.6 Å². The summed E-state index contributed by atoms with van der Waals surface area (Å²) in [6.07, 6.45) is 8.58. The van der Waals surface area contributed by atoms with Gasteiger partial charge in [-0.1, -0.05) is 48.3 Å². The number of benzene rings is 1. The van der Waals surface area contributed by atoms with Crippen LogP contribution in [0.3, 0.4) is 0 Å². The number of aromatic nitrogens is 6. The molecule has 2 saturated carbocycles. The number of para-hydroxylation sites is 2. The molecule has 4 amide bonds. The van der Waals surface area contributed by atoms with Crippen LogP contribution in [0.1, 0.15) is 70.6 Å². The Kier molecular flexibility index (Phi) is 11.2. The van der Waals surface area contributed by atoms with Gasteiger partial charge in [0.2, 0.25) is 17.7 Å². The first-order valence-corrected chi connectivity index (χ1v) is 21.8. The number of allylic oxidation sites excluding steroid dienone is 1. The summed E-state index contributed by atoms with van der Waals surface area (Å²) in [5.41, 5.74) is 0.0965. The lowest BCUT2D eigenvalue weighted by atomic mass is 10.0. The molecular weight excluding hydrogens is 791 g/mol. The van der Waals surface area contributed by atoms with Crippen molar-refractivity contribution in [2.24, 2.45) is 5.92 Å². The second-order valence-electron chi connectivity index (χ2n) is 14.9. The van der Waals surface area contributed by atoms with E-state index in [4.69, 9.17) is 19.4 Å². The largest absolute Gasteiger partial charge is 0.471 e. The lowest BCUT2D eigenvalue weighted by molar-refractivity contribution is -0.141. The third kappa shape index (κ3) is 8.74. The van der Waals surface area contributed by atoms with E-state index in [0.29, 0.717) is 36.0 Å². The number of aromatic amines is 1. The normalized spacial score (nSPS) is 26.0. The number of nitrogens with one attached hydrogen (secondary N) is 5. The summed E-state index contributed by atoms with van der Waals surface area (Å²) in [5.74, 6) is -2.90. The molecule has 1 saturated heterocycles. The van der Waals surface area contributed by atoms with Crippen LogP contribution in [0.5, 0.6) is 5.88 Å². The number of carbonyl (C=O) groups is 4. The van der Waals surface area contributed by atoms with Gasteiger partial charge in [0.05, 0.1) is 22.5 Å². The number of amides is 4. The Labute approximate surface area is 337 Å². The zero-order valence-corrected chi connectivity index (χ0v) is 33.0. The molecule has 4 aromatic rings. The molecule has 5 atom stereocenters. The van der Waals surface area contributed by atoms with Crippen molar-refractivity contribution < 1.29 is 37.1 Å². The number of fused-ring (bicyclic) bond motifs is 3. The number of carbonyl (C=O) groups excluding carboxylic acids is 4. The summed E-state index contributed by atoms with van der Waals surface area (Å²) in [7, 11) is -4.54. The standard InChI is InChI=1S/C37H43N11O8S2/c49-31-28-19-24(55-32-30(29-17-10-18-57-29)38-25-14-8-9-15-26(25)39-32)21-48(28)33(50)27(40-36(52)56-23-12-6-7-13-23)16-5-3-1-2-4-11-22-20-37(22,41-31)34(51)44-58(53,54)45-35-42-46-47-43-35/h4,8-11,14-15,17-18,22-24,27-28H,1-3,5-7,12-13,16,19-21H2,(H,40,52)(H,41,49)(H,44,51)(H2,42,43,45,46,47)/b11-4-/t22?,24-,27+,28+,37-/m1/s1. The number of rotatable bonds is 9. The summed E-state index contributed by atoms with van der Waals surface area (Å²) in [6.45, 7) is -0.0588. The Hall–Kier alpha value is -5.70. The van der Waals surface area contributed by atoms with E-state index in [1.54, 1.807) is 6.08 Å². The van der Waals surface area contributed by atoms with E-state index in [0.717, 1.165) is 43.4 Å². The van der Waals surface area contributed by atoms with Gasteiger partial charge >= 0.3 is 16.3 Å². The maximum Gasteiger partial charge on any atom is 0.408 e. The number of H-pyrrole nitrogens is 1. The quantitative estimate of drug-likeness (QED) is 0.152. The molecule has 0 spiro atoms. The molecule has 306 valence electrons. The molecule has 1 aromatic carbocycles. The Morgan fingerprint density at radius 3 is 2.52 bits per heavy atom. The van der Waals surface area contributed by atoms with Crippen LogP contribution >= 0.6 is 11.3 Å². The fraction of sp³-hybridized carbons (Fsp3) is 0.486. The van der Waals surface area contributed by atoms with Gasteiger partial charge < -0.3 is 25.0 Å². The molecule has 8 rings (SSSR count). The highest BCUT2D eigenvalue weighted by atomic mass is 32.2. The van der Waals surface area contributed by atoms with E-state index in [2.05, 4.69) is 31.3 Å². The molecule has 19 nitrogen and oxygen atoms in total. The molecule has 0 bridgehead atoms. The van der Waals surface area contributed by atoms with Gasteiger partial charge in [-0.3, -0.25) is 14.4 Å². The first-order valence-electron chi connectivity index (χ1n) is 19.4. The Balaban J connectivity index is 1.10. The third-order valence-corrected chi connectivity index (χ3v) is 12.7. The predicted molar refractivity (Wildman–Crippen MR) is 209 cm³/mol. The van der Waals surface area contributed by atoms with Crippen LogP contribution in [0.2, 0.25) is 0 Å². The zero-order chi connectivity index (χ0) is 40.3. The summed E-state index contributed by atoms with van der Waals surface area (Å²) < 4.78 is 42.1. The highest BCUT2D eigenvalue weighted by molar-refractivity contribution is 7.91. The second-order valence-corrected chi connectivity index (χ2v) is 17.3. The molecule has 5 heterocycles. The van der Waals surface area contributed by atoms with Crippen molar-refractivity contribution in [3.8, 4) is 16.5 Å². The average Bonchev–Trinajstić information content (AvgIpc) is 3.87. The van der Waals surface area contributed by atoms with E-state index in [-0.39, 0.29) is 31.4 Å². The number of thiophene rings is 1. The van der Waals surface area contributed by atoms with Crippen LogP contribution in [0.15, 0.2) is 53.9 Å². The van der Waals surface area contributed by atoms with E-state index < -0.39 is 69.6 Å². The van der Waals surface area contributed by atoms with E-state index >= 15 is 0 Å². The molecular formula is C37H43N11O8S2. The number of tetrazole rings is 1. The zero-order valence-electron chi connectivity index (χ0n) is 31.3. The summed E-state index contributed by atoms with van der Waals surface area (Å²) >= 11 is 1.46. The van der Waals surface area contributed by atoms with Gasteiger partial charge in [0, 0.05) is 12.3 Å². The van der Waals surface area contributed by atoms with Gasteiger partial charge in [0.15, 0.2) is 0 Å². The van der Waals surface area contributed by atoms with Crippen molar-refractivity contribution in [2.75, 3.05) is 11.3 Å². The monoisotopic (exact) mass is 833 g/mol. The van der Waals surface area contributed by atoms with Crippen molar-refractivity contribution in [2.45, 2.75) is 100 Å². The number of nitrogens with zero attached hydrogens (tertiary/aromatic N) is 6. The summed E-state index contributed by atoms with van der Waals surface area (Å²) in [6, 6.07) is 8.96. The third-order valence-electron chi connectivity index (χ3n) is 10.9. The van der Waals surface area contributed by atoms with Gasteiger partial charge in [-0.15, -0.1) is 16.4 Å². The molecule has 1 unspecified atom stereocenters. The SMILES string of the molecule is O=C(N[C@H]1CCCCC/C=C\C2C[C@@]2(C(=O)NS(=O)(=O)Nc2nn[nH]n2)NC(=O)[C@@H]2C[C@@H](Oc3nc4ccccc4nc3-c3cccs3)CN2C1=O)OC1CCCC1. The minimum atomic E-state index is -4.54. The van der Waals surface area contributed by atoms with Crippen LogP contribution in [0.25, 0.3) is 21.6 Å². The molecule has 58 heavy (non-hydrogen) atoms. The van der Waals surface area contributed by atoms with Crippen LogP contribution in [0.4, 0.5) is 10.7 Å². The van der Waals surface area contributed by atoms with Crippen molar-refractivity contribution in [3.63, 3.8) is 0 Å². The van der Waals surface area contributed by atoms with E-state index in [1.807, 2.05) is 57.3 Å². The van der Waals surface area contributed by atoms with Gasteiger partial charge in [0.25, 0.3) is 11.9 Å². The van der Waals surface area contributed by atoms with Crippen molar-refractivity contribution in [3.05, 3.63) is 53.9 Å². The predicted octanol–water partition coefficient (Wildman–Crippen LogP) is 3.13. The van der Waals surface area contributed by atoms with Crippen LogP contribution in [-0.4, -0.2) is 104 Å². The topological polar surface area (TPSA) is 252 Å². The molecule has 5 N–H and O–H groups in total. The minimum absolute atomic E-state index is 0.00884. The first-order chi connectivity index (χ1) is 28.1. The van der Waals surface area contributed by atoms with Crippen LogP contribution in [-0.2, 0) is 29.3 Å². The Morgan fingerprint density at radius 1 is 0.966 bits per heavy atom. The molecule has 4 aliphatic rings. The van der Waals surface area contributed by atoms with Crippen LogP contribution in [0, 0.1) is 5.92 Å². The van der Waals surface area contributed by atoms with E-state index in [1.165, 1.54) is 16.2 Å². The lowest BCUT2D eigenvalue weighted by Crippen LogP contribution is -2.58. The van der Waals surface area contributed by atoms with Gasteiger partial charge in [0.1, 0.15) is 35.5 Å². The van der Waals surface area contributed by atoms with Crippen molar-refractivity contribution in [1.82, 2.24) is 50.8 Å². The van der Waals surface area contributed by atoms with Gasteiger partial charge in [-0.25, -0.2) is 24.2 Å². The molecule has 3 fully saturated rings. The number of ether oxygens (including phenoxy) is 2. The first kappa shape index (κ1) is 39.1. The lowest BCUT2D eigenvalue weighted by Gasteiger charge is -2.30. The smallest absolute Gasteiger partial charge is 0.408 e.